The van der Waals surface area contributed by atoms with Crippen LogP contribution in [0.1, 0.15) is 18.1 Å². The molecule has 2 aromatic rings. The molecule has 0 saturated carbocycles. The number of aromatic nitrogens is 1. The van der Waals surface area contributed by atoms with Crippen molar-refractivity contribution in [3.63, 3.8) is 0 Å². The number of rotatable bonds is 5. The Morgan fingerprint density at radius 2 is 2.05 bits per heavy atom. The summed E-state index contributed by atoms with van der Waals surface area (Å²) in [6, 6.07) is 8.83. The number of thioether (sulfide) groups is 1. The summed E-state index contributed by atoms with van der Waals surface area (Å²) in [5.74, 6) is 1.09. The second kappa shape index (κ2) is 7.44. The first kappa shape index (κ1) is 15.8. The molecule has 0 spiro atoms. The zero-order valence-corrected chi connectivity index (χ0v) is 14.3. The molecule has 4 heteroatoms. The predicted molar refractivity (Wildman–Crippen MR) is 93.8 cm³/mol. The molecule has 1 fully saturated rings. The molecule has 0 bridgehead atoms. The Morgan fingerprint density at radius 3 is 2.82 bits per heavy atom. The minimum absolute atomic E-state index is 0.873. The van der Waals surface area contributed by atoms with Crippen molar-refractivity contribution in [3.8, 4) is 0 Å². The molecule has 0 radical (unpaired) electrons. The van der Waals surface area contributed by atoms with Gasteiger partial charge in [-0.05, 0) is 36.6 Å². The van der Waals surface area contributed by atoms with Crippen LogP contribution in [0.3, 0.4) is 0 Å². The number of ether oxygens (including phenoxy) is 1. The van der Waals surface area contributed by atoms with E-state index in [4.69, 9.17) is 9.72 Å². The van der Waals surface area contributed by atoms with Gasteiger partial charge in [0.15, 0.2) is 0 Å². The maximum absolute atomic E-state index is 5.40. The van der Waals surface area contributed by atoms with Crippen LogP contribution in [0.15, 0.2) is 29.3 Å². The predicted octanol–water partition coefficient (Wildman–Crippen LogP) is 3.53. The SMILES string of the molecule is CCc1cc2ccc(C)cc2nc1SCCN1CCOCC1. The van der Waals surface area contributed by atoms with E-state index in [1.165, 1.54) is 21.5 Å². The molecule has 22 heavy (non-hydrogen) atoms. The van der Waals surface area contributed by atoms with E-state index in [1.54, 1.807) is 0 Å². The molecule has 0 atom stereocenters. The normalized spacial score (nSPS) is 16.3. The second-order valence-corrected chi connectivity index (χ2v) is 6.89. The topological polar surface area (TPSA) is 25.4 Å². The van der Waals surface area contributed by atoms with E-state index in [0.717, 1.165) is 50.5 Å². The van der Waals surface area contributed by atoms with Crippen molar-refractivity contribution in [2.45, 2.75) is 25.3 Å². The largest absolute Gasteiger partial charge is 0.379 e. The standard InChI is InChI=1S/C18H24N2OS/c1-3-15-13-16-5-4-14(2)12-17(16)19-18(15)22-11-8-20-6-9-21-10-7-20/h4-5,12-13H,3,6-11H2,1-2H3. The van der Waals surface area contributed by atoms with Crippen LogP contribution in [-0.2, 0) is 11.2 Å². The van der Waals surface area contributed by atoms with E-state index in [1.807, 2.05) is 11.8 Å². The molecule has 0 N–H and O–H groups in total. The fraction of sp³-hybridized carbons (Fsp3) is 0.500. The van der Waals surface area contributed by atoms with Gasteiger partial charge in [0.05, 0.1) is 23.8 Å². The number of hydrogen-bond acceptors (Lipinski definition) is 4. The molecule has 0 aliphatic carbocycles. The van der Waals surface area contributed by atoms with Crippen LogP contribution in [0.4, 0.5) is 0 Å². The quantitative estimate of drug-likeness (QED) is 0.788. The highest BCUT2D eigenvalue weighted by molar-refractivity contribution is 7.99. The molecule has 0 amide bonds. The van der Waals surface area contributed by atoms with Crippen LogP contribution < -0.4 is 0 Å². The van der Waals surface area contributed by atoms with Gasteiger partial charge < -0.3 is 4.74 Å². The lowest BCUT2D eigenvalue weighted by Gasteiger charge is -2.26. The lowest BCUT2D eigenvalue weighted by atomic mass is 10.1. The summed E-state index contributed by atoms with van der Waals surface area (Å²) >= 11 is 1.89. The first-order valence-electron chi connectivity index (χ1n) is 8.09. The van der Waals surface area contributed by atoms with Crippen molar-refractivity contribution >= 4 is 22.7 Å². The first-order valence-corrected chi connectivity index (χ1v) is 9.08. The van der Waals surface area contributed by atoms with Crippen molar-refractivity contribution < 1.29 is 4.74 Å². The third-order valence-electron chi connectivity index (χ3n) is 4.14. The smallest absolute Gasteiger partial charge is 0.0999 e. The minimum atomic E-state index is 0.873. The fourth-order valence-corrected chi connectivity index (χ4v) is 3.87. The van der Waals surface area contributed by atoms with Gasteiger partial charge in [0.25, 0.3) is 0 Å². The lowest BCUT2D eigenvalue weighted by Crippen LogP contribution is -2.37. The summed E-state index contributed by atoms with van der Waals surface area (Å²) < 4.78 is 5.40. The summed E-state index contributed by atoms with van der Waals surface area (Å²) in [5, 5.41) is 2.45. The number of fused-ring (bicyclic) bond motifs is 1. The molecule has 1 aliphatic rings. The highest BCUT2D eigenvalue weighted by atomic mass is 32.2. The van der Waals surface area contributed by atoms with Crippen LogP contribution in [0.25, 0.3) is 10.9 Å². The van der Waals surface area contributed by atoms with Gasteiger partial charge in [-0.15, -0.1) is 11.8 Å². The lowest BCUT2D eigenvalue weighted by molar-refractivity contribution is 0.0410. The molecule has 3 rings (SSSR count). The van der Waals surface area contributed by atoms with Gasteiger partial charge in [0, 0.05) is 30.8 Å². The van der Waals surface area contributed by atoms with Gasteiger partial charge in [0.2, 0.25) is 0 Å². The van der Waals surface area contributed by atoms with Gasteiger partial charge in [-0.2, -0.15) is 0 Å². The maximum Gasteiger partial charge on any atom is 0.0999 e. The Balaban J connectivity index is 1.71. The number of benzene rings is 1. The summed E-state index contributed by atoms with van der Waals surface area (Å²) in [4.78, 5) is 7.39. The van der Waals surface area contributed by atoms with Crippen LogP contribution in [0.5, 0.6) is 0 Å². The highest BCUT2D eigenvalue weighted by Gasteiger charge is 2.11. The molecule has 1 aromatic carbocycles. The third-order valence-corrected chi connectivity index (χ3v) is 5.16. The molecule has 1 saturated heterocycles. The van der Waals surface area contributed by atoms with E-state index < -0.39 is 0 Å². The molecular weight excluding hydrogens is 292 g/mol. The molecule has 3 nitrogen and oxygen atoms in total. The molecule has 0 unspecified atom stereocenters. The average Bonchev–Trinajstić information content (AvgIpc) is 2.55. The number of morpholine rings is 1. The highest BCUT2D eigenvalue weighted by Crippen LogP contribution is 2.26. The maximum atomic E-state index is 5.40. The number of aryl methyl sites for hydroxylation is 2. The van der Waals surface area contributed by atoms with Crippen LogP contribution in [0.2, 0.25) is 0 Å². The van der Waals surface area contributed by atoms with Crippen molar-refractivity contribution in [2.75, 3.05) is 38.6 Å². The van der Waals surface area contributed by atoms with Crippen LogP contribution >= 0.6 is 11.8 Å². The van der Waals surface area contributed by atoms with Crippen LogP contribution in [0, 0.1) is 6.92 Å². The van der Waals surface area contributed by atoms with Crippen molar-refractivity contribution in [1.29, 1.82) is 0 Å². The third kappa shape index (κ3) is 3.80. The van der Waals surface area contributed by atoms with E-state index in [-0.39, 0.29) is 0 Å². The fourth-order valence-electron chi connectivity index (χ4n) is 2.78. The van der Waals surface area contributed by atoms with E-state index >= 15 is 0 Å². The van der Waals surface area contributed by atoms with Crippen molar-refractivity contribution in [2.24, 2.45) is 0 Å². The second-order valence-electron chi connectivity index (χ2n) is 5.80. The Labute approximate surface area is 137 Å². The number of nitrogens with zero attached hydrogens (tertiary/aromatic N) is 2. The Bertz CT molecular complexity index is 638. The molecular formula is C18H24N2OS. The Hall–Kier alpha value is -1.10. The van der Waals surface area contributed by atoms with E-state index in [0.29, 0.717) is 0 Å². The van der Waals surface area contributed by atoms with Crippen molar-refractivity contribution in [3.05, 3.63) is 35.4 Å². The van der Waals surface area contributed by atoms with Gasteiger partial charge >= 0.3 is 0 Å². The number of hydrogen-bond donors (Lipinski definition) is 0. The van der Waals surface area contributed by atoms with Crippen LogP contribution in [-0.4, -0.2) is 48.5 Å². The van der Waals surface area contributed by atoms with E-state index in [9.17, 15) is 0 Å². The Morgan fingerprint density at radius 1 is 1.23 bits per heavy atom. The Kier molecular flexibility index (Phi) is 5.34. The zero-order chi connectivity index (χ0) is 15.4. The van der Waals surface area contributed by atoms with E-state index in [2.05, 4.69) is 43.0 Å². The number of pyridine rings is 1. The molecule has 2 heterocycles. The molecule has 1 aromatic heterocycles. The van der Waals surface area contributed by atoms with Gasteiger partial charge in [-0.1, -0.05) is 19.1 Å². The van der Waals surface area contributed by atoms with Crippen molar-refractivity contribution in [1.82, 2.24) is 9.88 Å². The average molecular weight is 316 g/mol. The summed E-state index contributed by atoms with van der Waals surface area (Å²) in [5.41, 5.74) is 3.75. The molecule has 1 aliphatic heterocycles. The summed E-state index contributed by atoms with van der Waals surface area (Å²) in [6.07, 6.45) is 1.04. The van der Waals surface area contributed by atoms with Gasteiger partial charge in [0.1, 0.15) is 0 Å². The molecule has 118 valence electrons. The monoisotopic (exact) mass is 316 g/mol. The summed E-state index contributed by atoms with van der Waals surface area (Å²) in [6.45, 7) is 9.32. The van der Waals surface area contributed by atoms with Gasteiger partial charge in [-0.25, -0.2) is 4.98 Å². The summed E-state index contributed by atoms with van der Waals surface area (Å²) in [7, 11) is 0. The first-order chi connectivity index (χ1) is 10.8. The minimum Gasteiger partial charge on any atom is -0.379 e. The van der Waals surface area contributed by atoms with Gasteiger partial charge in [-0.3, -0.25) is 4.90 Å². The zero-order valence-electron chi connectivity index (χ0n) is 13.5.